The number of hydrogen-bond acceptors (Lipinski definition) is 5. The van der Waals surface area contributed by atoms with Crippen molar-refractivity contribution in [2.75, 3.05) is 26.7 Å². The molecule has 0 aromatic heterocycles. The second kappa shape index (κ2) is 7.81. The maximum absolute atomic E-state index is 12.1. The molecule has 0 radical (unpaired) electrons. The van der Waals surface area contributed by atoms with Gasteiger partial charge in [0.1, 0.15) is 5.60 Å². The predicted octanol–water partition coefficient (Wildman–Crippen LogP) is 2.02. The van der Waals surface area contributed by atoms with E-state index in [1.165, 1.54) is 7.11 Å². The fraction of sp³-hybridized carbons (Fsp3) is 0.875. The van der Waals surface area contributed by atoms with Gasteiger partial charge in [-0.05, 0) is 51.5 Å². The minimum absolute atomic E-state index is 0.100. The summed E-state index contributed by atoms with van der Waals surface area (Å²) in [7, 11) is 1.39. The van der Waals surface area contributed by atoms with E-state index < -0.39 is 5.60 Å². The lowest BCUT2D eigenvalue weighted by molar-refractivity contribution is -0.142. The van der Waals surface area contributed by atoms with Crippen LogP contribution in [0.3, 0.4) is 0 Å². The lowest BCUT2D eigenvalue weighted by Crippen LogP contribution is -2.47. The third kappa shape index (κ3) is 5.48. The Morgan fingerprint density at radius 1 is 1.36 bits per heavy atom. The van der Waals surface area contributed by atoms with Gasteiger partial charge in [-0.25, -0.2) is 4.79 Å². The van der Waals surface area contributed by atoms with Crippen LogP contribution in [0.5, 0.6) is 0 Å². The summed E-state index contributed by atoms with van der Waals surface area (Å²) in [6.45, 7) is 9.42. The summed E-state index contributed by atoms with van der Waals surface area (Å²) in [6.07, 6.45) is 0.906. The Hall–Kier alpha value is -1.30. The molecule has 0 aliphatic carbocycles. The third-order valence-electron chi connectivity index (χ3n) is 4.19. The number of ether oxygens (including phenoxy) is 2. The van der Waals surface area contributed by atoms with Crippen molar-refractivity contribution in [3.05, 3.63) is 0 Å². The van der Waals surface area contributed by atoms with E-state index in [9.17, 15) is 9.59 Å². The lowest BCUT2D eigenvalue weighted by atomic mass is 9.76. The third-order valence-corrected chi connectivity index (χ3v) is 4.19. The summed E-state index contributed by atoms with van der Waals surface area (Å²) in [4.78, 5) is 25.4. The summed E-state index contributed by atoms with van der Waals surface area (Å²) in [5.74, 6) is 0.475. The van der Waals surface area contributed by atoms with Crippen LogP contribution < -0.4 is 5.73 Å². The van der Waals surface area contributed by atoms with Gasteiger partial charge in [0, 0.05) is 19.5 Å². The van der Waals surface area contributed by atoms with Gasteiger partial charge in [-0.1, -0.05) is 6.92 Å². The van der Waals surface area contributed by atoms with E-state index in [0.717, 1.165) is 6.42 Å². The number of likely N-dealkylation sites (tertiary alicyclic amines) is 1. The van der Waals surface area contributed by atoms with Crippen LogP contribution in [-0.2, 0) is 14.3 Å². The standard InChI is InChI=1S/C16H30N2O4/c1-11-10-18(15(20)22-16(2,3)4)7-6-13(11)12(9-17)8-14(19)21-5/h11-13H,6-10,17H2,1-5H3. The highest BCUT2D eigenvalue weighted by atomic mass is 16.6. The van der Waals surface area contributed by atoms with E-state index in [0.29, 0.717) is 32.0 Å². The number of carbonyl (C=O) groups excluding carboxylic acids is 2. The average molecular weight is 314 g/mol. The molecule has 128 valence electrons. The predicted molar refractivity (Wildman–Crippen MR) is 84.3 cm³/mol. The number of piperidine rings is 1. The fourth-order valence-electron chi connectivity index (χ4n) is 3.06. The maximum Gasteiger partial charge on any atom is 0.410 e. The number of methoxy groups -OCH3 is 1. The maximum atomic E-state index is 12.1. The Morgan fingerprint density at radius 3 is 2.45 bits per heavy atom. The summed E-state index contributed by atoms with van der Waals surface area (Å²) >= 11 is 0. The number of nitrogens with zero attached hydrogens (tertiary/aromatic N) is 1. The van der Waals surface area contributed by atoms with Gasteiger partial charge in [0.25, 0.3) is 0 Å². The van der Waals surface area contributed by atoms with Crippen molar-refractivity contribution in [1.82, 2.24) is 4.90 Å². The number of rotatable bonds is 4. The SMILES string of the molecule is COC(=O)CC(CN)C1CCN(C(=O)OC(C)(C)C)CC1C. The Kier molecular flexibility index (Phi) is 6.66. The van der Waals surface area contributed by atoms with E-state index in [1.54, 1.807) is 4.90 Å². The van der Waals surface area contributed by atoms with Crippen LogP contribution in [0.1, 0.15) is 40.5 Å². The highest BCUT2D eigenvalue weighted by molar-refractivity contribution is 5.69. The number of carbonyl (C=O) groups is 2. The van der Waals surface area contributed by atoms with Gasteiger partial charge >= 0.3 is 12.1 Å². The van der Waals surface area contributed by atoms with Crippen molar-refractivity contribution in [2.24, 2.45) is 23.5 Å². The van der Waals surface area contributed by atoms with Crippen LogP contribution in [0.2, 0.25) is 0 Å². The Morgan fingerprint density at radius 2 is 2.00 bits per heavy atom. The first kappa shape index (κ1) is 18.7. The molecule has 0 aromatic carbocycles. The van der Waals surface area contributed by atoms with Crippen LogP contribution in [-0.4, -0.2) is 49.3 Å². The molecule has 1 fully saturated rings. The van der Waals surface area contributed by atoms with Gasteiger partial charge in [-0.2, -0.15) is 0 Å². The van der Waals surface area contributed by atoms with Gasteiger partial charge in [-0.15, -0.1) is 0 Å². The molecule has 1 heterocycles. The van der Waals surface area contributed by atoms with E-state index in [1.807, 2.05) is 20.8 Å². The van der Waals surface area contributed by atoms with Gasteiger partial charge in [-0.3, -0.25) is 4.79 Å². The largest absolute Gasteiger partial charge is 0.469 e. The summed E-state index contributed by atoms with van der Waals surface area (Å²) in [5.41, 5.74) is 5.35. The van der Waals surface area contributed by atoms with Crippen molar-refractivity contribution < 1.29 is 19.1 Å². The van der Waals surface area contributed by atoms with Crippen molar-refractivity contribution >= 4 is 12.1 Å². The molecule has 1 aliphatic heterocycles. The quantitative estimate of drug-likeness (QED) is 0.803. The molecule has 1 aliphatic rings. The molecule has 3 unspecified atom stereocenters. The zero-order valence-electron chi connectivity index (χ0n) is 14.4. The molecular weight excluding hydrogens is 284 g/mol. The second-order valence-corrected chi connectivity index (χ2v) is 7.13. The molecule has 6 heteroatoms. The molecule has 0 aromatic rings. The number of amides is 1. The zero-order valence-corrected chi connectivity index (χ0v) is 14.4. The normalized spacial score (nSPS) is 23.8. The average Bonchev–Trinajstić information content (AvgIpc) is 2.42. The fourth-order valence-corrected chi connectivity index (χ4v) is 3.06. The van der Waals surface area contributed by atoms with Crippen molar-refractivity contribution in [1.29, 1.82) is 0 Å². The van der Waals surface area contributed by atoms with Crippen LogP contribution in [0.4, 0.5) is 4.79 Å². The molecule has 0 bridgehead atoms. The van der Waals surface area contributed by atoms with E-state index in [-0.39, 0.29) is 23.9 Å². The monoisotopic (exact) mass is 314 g/mol. The van der Waals surface area contributed by atoms with Crippen LogP contribution >= 0.6 is 0 Å². The van der Waals surface area contributed by atoms with Gasteiger partial charge in [0.05, 0.1) is 7.11 Å². The first-order chi connectivity index (χ1) is 10.2. The first-order valence-corrected chi connectivity index (χ1v) is 7.92. The first-order valence-electron chi connectivity index (χ1n) is 7.92. The number of hydrogen-bond donors (Lipinski definition) is 1. The molecule has 22 heavy (non-hydrogen) atoms. The topological polar surface area (TPSA) is 81.9 Å². The Labute approximate surface area is 133 Å². The van der Waals surface area contributed by atoms with Gasteiger partial charge in [0.2, 0.25) is 0 Å². The van der Waals surface area contributed by atoms with E-state index >= 15 is 0 Å². The molecule has 3 atom stereocenters. The molecule has 1 saturated heterocycles. The van der Waals surface area contributed by atoms with Gasteiger partial charge < -0.3 is 20.1 Å². The molecular formula is C16H30N2O4. The van der Waals surface area contributed by atoms with Gasteiger partial charge in [0.15, 0.2) is 0 Å². The van der Waals surface area contributed by atoms with E-state index in [2.05, 4.69) is 6.92 Å². The van der Waals surface area contributed by atoms with Crippen molar-refractivity contribution in [3.63, 3.8) is 0 Å². The summed E-state index contributed by atoms with van der Waals surface area (Å²) < 4.78 is 10.2. The Bertz CT molecular complexity index is 392. The van der Waals surface area contributed by atoms with Crippen LogP contribution in [0, 0.1) is 17.8 Å². The molecule has 1 amide bonds. The van der Waals surface area contributed by atoms with Crippen LogP contribution in [0.15, 0.2) is 0 Å². The van der Waals surface area contributed by atoms with Crippen molar-refractivity contribution in [2.45, 2.75) is 46.1 Å². The summed E-state index contributed by atoms with van der Waals surface area (Å²) in [5, 5.41) is 0. The summed E-state index contributed by atoms with van der Waals surface area (Å²) in [6, 6.07) is 0. The van der Waals surface area contributed by atoms with Crippen LogP contribution in [0.25, 0.3) is 0 Å². The van der Waals surface area contributed by atoms with E-state index in [4.69, 9.17) is 15.2 Å². The lowest BCUT2D eigenvalue weighted by Gasteiger charge is -2.40. The molecule has 6 nitrogen and oxygen atoms in total. The molecule has 0 spiro atoms. The number of nitrogens with two attached hydrogens (primary N) is 1. The minimum Gasteiger partial charge on any atom is -0.469 e. The Balaban J connectivity index is 2.61. The zero-order chi connectivity index (χ0) is 16.9. The van der Waals surface area contributed by atoms with Crippen molar-refractivity contribution in [3.8, 4) is 0 Å². The highest BCUT2D eigenvalue weighted by Crippen LogP contribution is 2.32. The minimum atomic E-state index is -0.484. The highest BCUT2D eigenvalue weighted by Gasteiger charge is 2.35. The molecule has 0 saturated carbocycles. The second-order valence-electron chi connectivity index (χ2n) is 7.13. The molecule has 1 rings (SSSR count). The molecule has 2 N–H and O–H groups in total. The smallest absolute Gasteiger partial charge is 0.410 e. The number of esters is 1.